The fourth-order valence-corrected chi connectivity index (χ4v) is 2.49. The van der Waals surface area contributed by atoms with Crippen LogP contribution in [0, 0.1) is 0 Å². The van der Waals surface area contributed by atoms with Gasteiger partial charge in [0.1, 0.15) is 0 Å². The summed E-state index contributed by atoms with van der Waals surface area (Å²) in [5.74, 6) is 0. The molecule has 2 nitrogen and oxygen atoms in total. The van der Waals surface area contributed by atoms with Crippen LogP contribution < -0.4 is 11.5 Å². The SMILES string of the molecule is NCCCC(N)c1ccc2c(c1)CCCC2. The predicted molar refractivity (Wildman–Crippen MR) is 68.3 cm³/mol. The summed E-state index contributed by atoms with van der Waals surface area (Å²) in [6.45, 7) is 0.735. The molecule has 88 valence electrons. The molecule has 0 aromatic heterocycles. The lowest BCUT2D eigenvalue weighted by molar-refractivity contribution is 0.614. The van der Waals surface area contributed by atoms with E-state index < -0.39 is 0 Å². The fraction of sp³-hybridized carbons (Fsp3) is 0.571. The smallest absolute Gasteiger partial charge is 0.0295 e. The van der Waals surface area contributed by atoms with Gasteiger partial charge in [0.2, 0.25) is 0 Å². The van der Waals surface area contributed by atoms with Gasteiger partial charge in [-0.25, -0.2) is 0 Å². The lowest BCUT2D eigenvalue weighted by atomic mass is 9.88. The van der Waals surface area contributed by atoms with Crippen molar-refractivity contribution >= 4 is 0 Å². The van der Waals surface area contributed by atoms with E-state index in [-0.39, 0.29) is 6.04 Å². The minimum Gasteiger partial charge on any atom is -0.330 e. The standard InChI is InChI=1S/C14H22N2/c15-9-3-6-14(16)13-8-7-11-4-1-2-5-12(11)10-13/h7-8,10,14H,1-6,9,15-16H2. The van der Waals surface area contributed by atoms with Crippen molar-refractivity contribution in [3.63, 3.8) is 0 Å². The van der Waals surface area contributed by atoms with Crippen molar-refractivity contribution in [1.82, 2.24) is 0 Å². The molecule has 2 heteroatoms. The van der Waals surface area contributed by atoms with Crippen LogP contribution in [-0.2, 0) is 12.8 Å². The highest BCUT2D eigenvalue weighted by Crippen LogP contribution is 2.25. The first kappa shape index (κ1) is 11.6. The molecule has 0 spiro atoms. The second-order valence-electron chi connectivity index (χ2n) is 4.77. The van der Waals surface area contributed by atoms with Gasteiger partial charge in [-0.1, -0.05) is 18.2 Å². The first-order chi connectivity index (χ1) is 7.81. The zero-order chi connectivity index (χ0) is 11.4. The van der Waals surface area contributed by atoms with Crippen LogP contribution in [0.25, 0.3) is 0 Å². The van der Waals surface area contributed by atoms with Gasteiger partial charge in [0.05, 0.1) is 0 Å². The number of benzene rings is 1. The molecule has 1 aromatic carbocycles. The van der Waals surface area contributed by atoms with Crippen molar-refractivity contribution in [2.45, 2.75) is 44.6 Å². The Morgan fingerprint density at radius 2 is 1.88 bits per heavy atom. The second-order valence-corrected chi connectivity index (χ2v) is 4.77. The van der Waals surface area contributed by atoms with E-state index in [0.29, 0.717) is 0 Å². The van der Waals surface area contributed by atoms with Crippen LogP contribution in [-0.4, -0.2) is 6.54 Å². The number of fused-ring (bicyclic) bond motifs is 1. The highest BCUT2D eigenvalue weighted by Gasteiger charge is 2.12. The molecular formula is C14H22N2. The summed E-state index contributed by atoms with van der Waals surface area (Å²) in [5.41, 5.74) is 16.0. The van der Waals surface area contributed by atoms with Crippen molar-refractivity contribution in [1.29, 1.82) is 0 Å². The Balaban J connectivity index is 2.10. The van der Waals surface area contributed by atoms with E-state index in [1.165, 1.54) is 42.4 Å². The van der Waals surface area contributed by atoms with E-state index >= 15 is 0 Å². The van der Waals surface area contributed by atoms with Crippen LogP contribution in [0.1, 0.15) is 48.4 Å². The monoisotopic (exact) mass is 218 g/mol. The first-order valence-corrected chi connectivity index (χ1v) is 6.38. The Morgan fingerprint density at radius 1 is 1.12 bits per heavy atom. The highest BCUT2D eigenvalue weighted by molar-refractivity contribution is 5.35. The van der Waals surface area contributed by atoms with Crippen molar-refractivity contribution in [2.24, 2.45) is 11.5 Å². The maximum absolute atomic E-state index is 6.16. The number of aryl methyl sites for hydroxylation is 2. The summed E-state index contributed by atoms with van der Waals surface area (Å²) < 4.78 is 0. The van der Waals surface area contributed by atoms with Gasteiger partial charge >= 0.3 is 0 Å². The zero-order valence-corrected chi connectivity index (χ0v) is 9.91. The van der Waals surface area contributed by atoms with Crippen molar-refractivity contribution in [3.05, 3.63) is 34.9 Å². The van der Waals surface area contributed by atoms with Gasteiger partial charge in [-0.2, -0.15) is 0 Å². The molecule has 2 rings (SSSR count). The van der Waals surface area contributed by atoms with Crippen molar-refractivity contribution in [2.75, 3.05) is 6.54 Å². The van der Waals surface area contributed by atoms with Crippen LogP contribution in [0.3, 0.4) is 0 Å². The number of nitrogens with two attached hydrogens (primary N) is 2. The minimum absolute atomic E-state index is 0.163. The molecule has 0 bridgehead atoms. The maximum atomic E-state index is 6.16. The van der Waals surface area contributed by atoms with Gasteiger partial charge in [-0.3, -0.25) is 0 Å². The van der Waals surface area contributed by atoms with E-state index in [4.69, 9.17) is 11.5 Å². The molecule has 0 aliphatic heterocycles. The topological polar surface area (TPSA) is 52.0 Å². The Labute approximate surface area is 98.0 Å². The summed E-state index contributed by atoms with van der Waals surface area (Å²) in [5, 5.41) is 0. The molecule has 0 radical (unpaired) electrons. The van der Waals surface area contributed by atoms with Gasteiger partial charge in [0.25, 0.3) is 0 Å². The molecule has 0 amide bonds. The van der Waals surface area contributed by atoms with Gasteiger partial charge in [-0.05, 0) is 61.8 Å². The maximum Gasteiger partial charge on any atom is 0.0295 e. The Bertz CT molecular complexity index is 347. The van der Waals surface area contributed by atoms with Crippen molar-refractivity contribution < 1.29 is 0 Å². The minimum atomic E-state index is 0.163. The molecule has 1 aliphatic carbocycles. The molecule has 0 heterocycles. The third-order valence-corrected chi connectivity index (χ3v) is 3.52. The van der Waals surface area contributed by atoms with Gasteiger partial charge < -0.3 is 11.5 Å². The van der Waals surface area contributed by atoms with E-state index in [1.54, 1.807) is 0 Å². The summed E-state index contributed by atoms with van der Waals surface area (Å²) in [6.07, 6.45) is 7.15. The summed E-state index contributed by atoms with van der Waals surface area (Å²) >= 11 is 0. The highest BCUT2D eigenvalue weighted by atomic mass is 14.6. The van der Waals surface area contributed by atoms with E-state index in [1.807, 2.05) is 0 Å². The van der Waals surface area contributed by atoms with Crippen LogP contribution in [0.5, 0.6) is 0 Å². The zero-order valence-electron chi connectivity index (χ0n) is 9.91. The lowest BCUT2D eigenvalue weighted by Crippen LogP contribution is -2.14. The molecule has 0 fully saturated rings. The molecular weight excluding hydrogens is 196 g/mol. The normalized spacial score (nSPS) is 16.9. The molecule has 0 saturated heterocycles. The first-order valence-electron chi connectivity index (χ1n) is 6.38. The fourth-order valence-electron chi connectivity index (χ4n) is 2.49. The molecule has 1 unspecified atom stereocenters. The van der Waals surface area contributed by atoms with Crippen LogP contribution in [0.2, 0.25) is 0 Å². The lowest BCUT2D eigenvalue weighted by Gasteiger charge is -2.19. The predicted octanol–water partition coefficient (Wildman–Crippen LogP) is 2.30. The molecule has 1 atom stereocenters. The molecule has 1 aromatic rings. The van der Waals surface area contributed by atoms with Gasteiger partial charge in [-0.15, -0.1) is 0 Å². The van der Waals surface area contributed by atoms with Crippen LogP contribution in [0.4, 0.5) is 0 Å². The molecule has 1 aliphatic rings. The number of hydrogen-bond acceptors (Lipinski definition) is 2. The van der Waals surface area contributed by atoms with Crippen LogP contribution in [0.15, 0.2) is 18.2 Å². The summed E-state index contributed by atoms with van der Waals surface area (Å²) in [7, 11) is 0. The van der Waals surface area contributed by atoms with E-state index in [2.05, 4.69) is 18.2 Å². The van der Waals surface area contributed by atoms with E-state index in [0.717, 1.165) is 19.4 Å². The average Bonchev–Trinajstić information content (AvgIpc) is 2.35. The Kier molecular flexibility index (Phi) is 3.97. The largest absolute Gasteiger partial charge is 0.330 e. The van der Waals surface area contributed by atoms with Gasteiger partial charge in [0, 0.05) is 6.04 Å². The Hall–Kier alpha value is -0.860. The summed E-state index contributed by atoms with van der Waals surface area (Å²) in [4.78, 5) is 0. The second kappa shape index (κ2) is 5.46. The van der Waals surface area contributed by atoms with Gasteiger partial charge in [0.15, 0.2) is 0 Å². The summed E-state index contributed by atoms with van der Waals surface area (Å²) in [6, 6.07) is 6.95. The third-order valence-electron chi connectivity index (χ3n) is 3.52. The van der Waals surface area contributed by atoms with E-state index in [9.17, 15) is 0 Å². The Morgan fingerprint density at radius 3 is 2.62 bits per heavy atom. The number of hydrogen-bond donors (Lipinski definition) is 2. The number of rotatable bonds is 4. The third kappa shape index (κ3) is 2.63. The van der Waals surface area contributed by atoms with Crippen molar-refractivity contribution in [3.8, 4) is 0 Å². The van der Waals surface area contributed by atoms with Crippen LogP contribution >= 0.6 is 0 Å². The average molecular weight is 218 g/mol. The molecule has 16 heavy (non-hydrogen) atoms. The molecule has 0 saturated carbocycles. The quantitative estimate of drug-likeness (QED) is 0.814. The molecule has 4 N–H and O–H groups in total.